The van der Waals surface area contributed by atoms with Crippen LogP contribution < -0.4 is 10.9 Å². The number of para-hydroxylation sites is 1. The summed E-state index contributed by atoms with van der Waals surface area (Å²) in [5.74, 6) is 0.0503. The predicted octanol–water partition coefficient (Wildman–Crippen LogP) is 4.43. The van der Waals surface area contributed by atoms with Gasteiger partial charge in [-0.25, -0.2) is 4.68 Å². The van der Waals surface area contributed by atoms with Gasteiger partial charge in [0.25, 0.3) is 5.56 Å². The Morgan fingerprint density at radius 3 is 2.21 bits per heavy atom. The zero-order valence-corrected chi connectivity index (χ0v) is 17.8. The van der Waals surface area contributed by atoms with Gasteiger partial charge in [0, 0.05) is 7.05 Å². The van der Waals surface area contributed by atoms with Crippen molar-refractivity contribution in [1.82, 2.24) is 9.36 Å². The summed E-state index contributed by atoms with van der Waals surface area (Å²) in [7, 11) is 1.82. The molecule has 1 amide bonds. The lowest BCUT2D eigenvalue weighted by molar-refractivity contribution is -0.117. The third-order valence-electron chi connectivity index (χ3n) is 5.32. The number of carbonyl (C=O) groups is 1. The molecule has 1 heterocycles. The monoisotopic (exact) mass is 391 g/mol. The number of hydrogen-bond acceptors (Lipinski definition) is 2. The van der Waals surface area contributed by atoms with Crippen molar-refractivity contribution in [3.8, 4) is 5.69 Å². The van der Waals surface area contributed by atoms with Gasteiger partial charge in [0.15, 0.2) is 0 Å². The van der Waals surface area contributed by atoms with Gasteiger partial charge >= 0.3 is 0 Å². The summed E-state index contributed by atoms with van der Waals surface area (Å²) in [6.45, 7) is 8.07. The molecule has 152 valence electrons. The summed E-state index contributed by atoms with van der Waals surface area (Å²) >= 11 is 0. The van der Waals surface area contributed by atoms with Gasteiger partial charge in [0.05, 0.1) is 17.3 Å². The first-order valence-electron chi connectivity index (χ1n) is 10.0. The Kier molecular flexibility index (Phi) is 6.06. The van der Waals surface area contributed by atoms with Crippen LogP contribution in [0.2, 0.25) is 0 Å². The SMILES string of the molecule is Cc1c(NC(=O)[C@@H](C)c2ccc(CC(C)C)cc2)c(=O)n(-c2ccccc2)n1C. The second-order valence-corrected chi connectivity index (χ2v) is 7.99. The van der Waals surface area contributed by atoms with Crippen molar-refractivity contribution in [3.05, 3.63) is 81.8 Å². The van der Waals surface area contributed by atoms with E-state index < -0.39 is 0 Å². The highest BCUT2D eigenvalue weighted by molar-refractivity contribution is 5.96. The Labute approximate surface area is 172 Å². The maximum atomic E-state index is 13.0. The molecule has 0 spiro atoms. The van der Waals surface area contributed by atoms with Crippen molar-refractivity contribution in [2.75, 3.05) is 5.32 Å². The van der Waals surface area contributed by atoms with E-state index in [1.54, 1.807) is 9.36 Å². The third kappa shape index (κ3) is 4.34. The maximum Gasteiger partial charge on any atom is 0.295 e. The van der Waals surface area contributed by atoms with E-state index in [0.717, 1.165) is 17.7 Å². The van der Waals surface area contributed by atoms with Crippen LogP contribution in [-0.4, -0.2) is 15.3 Å². The molecular formula is C24H29N3O2. The Hall–Kier alpha value is -3.08. The van der Waals surface area contributed by atoms with Crippen LogP contribution in [0.3, 0.4) is 0 Å². The fourth-order valence-electron chi connectivity index (χ4n) is 3.51. The van der Waals surface area contributed by atoms with Crippen LogP contribution in [0.1, 0.15) is 43.5 Å². The molecule has 0 aliphatic carbocycles. The Balaban J connectivity index is 1.83. The molecule has 2 aromatic carbocycles. The lowest BCUT2D eigenvalue weighted by atomic mass is 9.96. The van der Waals surface area contributed by atoms with Crippen molar-refractivity contribution in [3.63, 3.8) is 0 Å². The molecule has 1 aromatic heterocycles. The fraction of sp³-hybridized carbons (Fsp3) is 0.333. The van der Waals surface area contributed by atoms with Gasteiger partial charge in [0.2, 0.25) is 5.91 Å². The quantitative estimate of drug-likeness (QED) is 0.676. The van der Waals surface area contributed by atoms with E-state index in [1.165, 1.54) is 5.56 Å². The van der Waals surface area contributed by atoms with Gasteiger partial charge in [-0.05, 0) is 49.4 Å². The highest BCUT2D eigenvalue weighted by Crippen LogP contribution is 2.21. The van der Waals surface area contributed by atoms with Gasteiger partial charge in [-0.2, -0.15) is 0 Å². The summed E-state index contributed by atoms with van der Waals surface area (Å²) in [6, 6.07) is 17.6. The molecule has 0 radical (unpaired) electrons. The molecule has 1 atom stereocenters. The van der Waals surface area contributed by atoms with Gasteiger partial charge in [-0.15, -0.1) is 0 Å². The molecule has 0 unspecified atom stereocenters. The number of nitrogens with one attached hydrogen (secondary N) is 1. The van der Waals surface area contributed by atoms with Crippen LogP contribution in [0.25, 0.3) is 5.69 Å². The van der Waals surface area contributed by atoms with E-state index in [9.17, 15) is 9.59 Å². The molecule has 0 bridgehead atoms. The molecule has 3 aromatic rings. The molecule has 5 heteroatoms. The number of anilines is 1. The van der Waals surface area contributed by atoms with Crippen molar-refractivity contribution in [2.45, 2.75) is 40.0 Å². The largest absolute Gasteiger partial charge is 0.319 e. The molecule has 1 N–H and O–H groups in total. The van der Waals surface area contributed by atoms with Crippen molar-refractivity contribution < 1.29 is 4.79 Å². The lowest BCUT2D eigenvalue weighted by Gasteiger charge is -2.13. The van der Waals surface area contributed by atoms with Crippen LogP contribution in [-0.2, 0) is 18.3 Å². The number of aromatic nitrogens is 2. The number of nitrogens with zero attached hydrogens (tertiary/aromatic N) is 2. The van der Waals surface area contributed by atoms with E-state index in [4.69, 9.17) is 0 Å². The van der Waals surface area contributed by atoms with Crippen LogP contribution in [0, 0.1) is 12.8 Å². The van der Waals surface area contributed by atoms with Gasteiger partial charge in [-0.1, -0.05) is 56.3 Å². The maximum absolute atomic E-state index is 13.0. The molecule has 5 nitrogen and oxygen atoms in total. The molecular weight excluding hydrogens is 362 g/mol. The average Bonchev–Trinajstić information content (AvgIpc) is 2.91. The number of amides is 1. The summed E-state index contributed by atoms with van der Waals surface area (Å²) < 4.78 is 3.33. The first-order chi connectivity index (χ1) is 13.8. The number of hydrogen-bond donors (Lipinski definition) is 1. The van der Waals surface area contributed by atoms with Gasteiger partial charge in [-0.3, -0.25) is 14.3 Å². The zero-order valence-electron chi connectivity index (χ0n) is 17.8. The molecule has 0 saturated carbocycles. The molecule has 29 heavy (non-hydrogen) atoms. The van der Waals surface area contributed by atoms with E-state index >= 15 is 0 Å². The van der Waals surface area contributed by atoms with Crippen LogP contribution >= 0.6 is 0 Å². The Morgan fingerprint density at radius 1 is 1.00 bits per heavy atom. The summed E-state index contributed by atoms with van der Waals surface area (Å²) in [5.41, 5.74) is 3.77. The number of carbonyl (C=O) groups excluding carboxylic acids is 1. The number of benzene rings is 2. The van der Waals surface area contributed by atoms with Crippen LogP contribution in [0.4, 0.5) is 5.69 Å². The molecule has 0 aliphatic rings. The minimum absolute atomic E-state index is 0.187. The van der Waals surface area contributed by atoms with Crippen molar-refractivity contribution >= 4 is 11.6 Å². The summed E-state index contributed by atoms with van der Waals surface area (Å²) in [4.78, 5) is 25.8. The fourth-order valence-corrected chi connectivity index (χ4v) is 3.51. The molecule has 0 fully saturated rings. The number of rotatable bonds is 6. The molecule has 0 saturated heterocycles. The second-order valence-electron chi connectivity index (χ2n) is 7.99. The average molecular weight is 392 g/mol. The lowest BCUT2D eigenvalue weighted by Crippen LogP contribution is -2.25. The predicted molar refractivity (Wildman–Crippen MR) is 118 cm³/mol. The highest BCUT2D eigenvalue weighted by Gasteiger charge is 2.21. The standard InChI is InChI=1S/C24H29N3O2/c1-16(2)15-19-11-13-20(14-12-19)17(3)23(28)25-22-18(4)26(5)27(24(22)29)21-9-7-6-8-10-21/h6-14,16-17H,15H2,1-5H3,(H,25,28)/t17-/m0/s1. The van der Waals surface area contributed by atoms with Gasteiger partial charge in [0.1, 0.15) is 5.69 Å². The minimum Gasteiger partial charge on any atom is -0.319 e. The Morgan fingerprint density at radius 2 is 1.62 bits per heavy atom. The van der Waals surface area contributed by atoms with E-state index in [2.05, 4.69) is 31.3 Å². The highest BCUT2D eigenvalue weighted by atomic mass is 16.2. The Bertz CT molecular complexity index is 1040. The topological polar surface area (TPSA) is 56.0 Å². The summed E-state index contributed by atoms with van der Waals surface area (Å²) in [5, 5.41) is 2.86. The van der Waals surface area contributed by atoms with Gasteiger partial charge < -0.3 is 5.32 Å². The molecule has 3 rings (SSSR count). The zero-order chi connectivity index (χ0) is 21.1. The van der Waals surface area contributed by atoms with E-state index in [0.29, 0.717) is 17.3 Å². The summed E-state index contributed by atoms with van der Waals surface area (Å²) in [6.07, 6.45) is 1.02. The second kappa shape index (κ2) is 8.52. The van der Waals surface area contributed by atoms with Crippen molar-refractivity contribution in [2.24, 2.45) is 13.0 Å². The normalized spacial score (nSPS) is 12.2. The first kappa shape index (κ1) is 20.6. The van der Waals surface area contributed by atoms with Crippen LogP contribution in [0.5, 0.6) is 0 Å². The van der Waals surface area contributed by atoms with Crippen molar-refractivity contribution in [1.29, 1.82) is 0 Å². The van der Waals surface area contributed by atoms with Crippen LogP contribution in [0.15, 0.2) is 59.4 Å². The first-order valence-corrected chi connectivity index (χ1v) is 10.0. The molecule has 0 aliphatic heterocycles. The smallest absolute Gasteiger partial charge is 0.295 e. The van der Waals surface area contributed by atoms with E-state index in [-0.39, 0.29) is 17.4 Å². The van der Waals surface area contributed by atoms with E-state index in [1.807, 2.05) is 63.4 Å². The minimum atomic E-state index is -0.354. The third-order valence-corrected chi connectivity index (χ3v) is 5.32.